The third-order valence-corrected chi connectivity index (χ3v) is 4.11. The number of carbonyl (C=O) groups is 1. The Labute approximate surface area is 150 Å². The third kappa shape index (κ3) is 3.15. The van der Waals surface area contributed by atoms with Gasteiger partial charge in [-0.05, 0) is 37.6 Å². The van der Waals surface area contributed by atoms with Crippen LogP contribution < -0.4 is 4.90 Å². The van der Waals surface area contributed by atoms with E-state index < -0.39 is 12.1 Å². The number of aryl methyl sites for hydroxylation is 1. The summed E-state index contributed by atoms with van der Waals surface area (Å²) < 4.78 is 47.1. The van der Waals surface area contributed by atoms with E-state index in [1.54, 1.807) is 19.1 Å². The smallest absolute Gasteiger partial charge is 0.337 e. The van der Waals surface area contributed by atoms with Crippen LogP contribution in [-0.4, -0.2) is 26.2 Å². The number of nitrogens with zero attached hydrogens (tertiary/aromatic N) is 5. The Kier molecular flexibility index (Phi) is 3.93. The predicted octanol–water partition coefficient (Wildman–Crippen LogP) is 3.31. The van der Waals surface area contributed by atoms with Crippen LogP contribution in [0.3, 0.4) is 0 Å². The van der Waals surface area contributed by atoms with Gasteiger partial charge in [0.25, 0.3) is 0 Å². The molecule has 1 atom stereocenters. The summed E-state index contributed by atoms with van der Waals surface area (Å²) in [4.78, 5) is 21.4. The molecule has 0 N–H and O–H groups in total. The summed E-state index contributed by atoms with van der Waals surface area (Å²) in [7, 11) is 0. The molecule has 1 fully saturated rings. The van der Waals surface area contributed by atoms with Crippen molar-refractivity contribution < 1.29 is 27.0 Å². The minimum absolute atomic E-state index is 0.109. The topological polar surface area (TPSA) is 98.2 Å². The first-order valence-corrected chi connectivity index (χ1v) is 7.96. The van der Waals surface area contributed by atoms with E-state index in [4.69, 9.17) is 4.52 Å². The molecule has 1 unspecified atom stereocenters. The lowest BCUT2D eigenvalue weighted by molar-refractivity contribution is -0.159. The SMILES string of the molecule is Cc1noc(C2CCC(=O)N2c2ccc(-c3noc(C(F)(F)F)n3)cc2)n1. The van der Waals surface area contributed by atoms with Crippen LogP contribution in [0.2, 0.25) is 0 Å². The molecule has 3 aromatic rings. The number of anilines is 1. The Morgan fingerprint density at radius 1 is 1.11 bits per heavy atom. The second kappa shape index (κ2) is 6.18. The van der Waals surface area contributed by atoms with Gasteiger partial charge in [-0.15, -0.1) is 0 Å². The van der Waals surface area contributed by atoms with Gasteiger partial charge in [0, 0.05) is 17.7 Å². The Bertz CT molecular complexity index is 980. The summed E-state index contributed by atoms with van der Waals surface area (Å²) in [6.45, 7) is 1.68. The van der Waals surface area contributed by atoms with E-state index in [0.717, 1.165) is 0 Å². The molecule has 8 nitrogen and oxygen atoms in total. The van der Waals surface area contributed by atoms with Gasteiger partial charge in [0.15, 0.2) is 5.82 Å². The van der Waals surface area contributed by atoms with Crippen molar-refractivity contribution in [3.05, 3.63) is 41.9 Å². The zero-order valence-electron chi connectivity index (χ0n) is 13.9. The van der Waals surface area contributed by atoms with Crippen LogP contribution in [-0.2, 0) is 11.0 Å². The van der Waals surface area contributed by atoms with E-state index >= 15 is 0 Å². The Balaban J connectivity index is 1.61. The first-order valence-electron chi connectivity index (χ1n) is 7.96. The molecular weight excluding hydrogens is 367 g/mol. The number of rotatable bonds is 3. The highest BCUT2D eigenvalue weighted by Gasteiger charge is 2.39. The number of aromatic nitrogens is 4. The molecule has 0 saturated carbocycles. The van der Waals surface area contributed by atoms with Gasteiger partial charge in [-0.1, -0.05) is 10.3 Å². The molecule has 1 aliphatic heterocycles. The van der Waals surface area contributed by atoms with E-state index in [-0.39, 0.29) is 17.8 Å². The first-order chi connectivity index (χ1) is 12.8. The average Bonchev–Trinajstić information content (AvgIpc) is 3.34. The molecule has 11 heteroatoms. The van der Waals surface area contributed by atoms with Crippen molar-refractivity contribution in [2.45, 2.75) is 32.0 Å². The summed E-state index contributed by atoms with van der Waals surface area (Å²) in [5.41, 5.74) is 0.886. The Morgan fingerprint density at radius 2 is 1.85 bits per heavy atom. The second-order valence-electron chi connectivity index (χ2n) is 5.97. The van der Waals surface area contributed by atoms with Crippen molar-refractivity contribution >= 4 is 11.6 Å². The van der Waals surface area contributed by atoms with Crippen molar-refractivity contribution in [3.63, 3.8) is 0 Å². The normalized spacial score (nSPS) is 17.7. The van der Waals surface area contributed by atoms with Crippen molar-refractivity contribution in [3.8, 4) is 11.4 Å². The number of amides is 1. The number of halogens is 3. The maximum Gasteiger partial charge on any atom is 0.471 e. The highest BCUT2D eigenvalue weighted by atomic mass is 19.4. The lowest BCUT2D eigenvalue weighted by atomic mass is 10.1. The highest BCUT2D eigenvalue weighted by molar-refractivity contribution is 5.96. The quantitative estimate of drug-likeness (QED) is 0.688. The first kappa shape index (κ1) is 17.2. The maximum atomic E-state index is 12.6. The lowest BCUT2D eigenvalue weighted by Crippen LogP contribution is -2.27. The van der Waals surface area contributed by atoms with Crippen LogP contribution in [0.25, 0.3) is 11.4 Å². The van der Waals surface area contributed by atoms with E-state index in [1.165, 1.54) is 17.0 Å². The summed E-state index contributed by atoms with van der Waals surface area (Å²) in [6, 6.07) is 5.84. The molecule has 1 saturated heterocycles. The molecule has 0 aliphatic carbocycles. The second-order valence-corrected chi connectivity index (χ2v) is 5.97. The van der Waals surface area contributed by atoms with E-state index in [0.29, 0.717) is 35.8 Å². The lowest BCUT2D eigenvalue weighted by Gasteiger charge is -2.22. The zero-order valence-corrected chi connectivity index (χ0v) is 13.9. The predicted molar refractivity (Wildman–Crippen MR) is 83.2 cm³/mol. The van der Waals surface area contributed by atoms with Gasteiger partial charge in [0.05, 0.1) is 0 Å². The largest absolute Gasteiger partial charge is 0.471 e. The number of alkyl halides is 3. The van der Waals surface area contributed by atoms with Crippen LogP contribution in [0.4, 0.5) is 18.9 Å². The molecule has 27 heavy (non-hydrogen) atoms. The standard InChI is InChI=1S/C16H12F3N5O3/c1-8-20-14(26-22-8)11-6-7-12(25)24(11)10-4-2-9(3-5-10)13-21-15(27-23-13)16(17,18)19/h2-5,11H,6-7H2,1H3. The van der Waals surface area contributed by atoms with Gasteiger partial charge >= 0.3 is 12.1 Å². The minimum Gasteiger partial charge on any atom is -0.337 e. The fraction of sp³-hybridized carbons (Fsp3) is 0.312. The molecule has 0 radical (unpaired) electrons. The van der Waals surface area contributed by atoms with Gasteiger partial charge < -0.3 is 9.05 Å². The molecule has 0 spiro atoms. The van der Waals surface area contributed by atoms with E-state index in [1.807, 2.05) is 0 Å². The van der Waals surface area contributed by atoms with Crippen molar-refractivity contribution in [1.82, 2.24) is 20.3 Å². The van der Waals surface area contributed by atoms with Crippen molar-refractivity contribution in [1.29, 1.82) is 0 Å². The number of carbonyl (C=O) groups excluding carboxylic acids is 1. The van der Waals surface area contributed by atoms with Crippen LogP contribution in [0.1, 0.15) is 36.5 Å². The van der Waals surface area contributed by atoms with Gasteiger partial charge in [-0.2, -0.15) is 23.1 Å². The van der Waals surface area contributed by atoms with Gasteiger partial charge in [0.1, 0.15) is 6.04 Å². The van der Waals surface area contributed by atoms with Gasteiger partial charge in [-0.3, -0.25) is 9.69 Å². The summed E-state index contributed by atoms with van der Waals surface area (Å²) >= 11 is 0. The van der Waals surface area contributed by atoms with Crippen LogP contribution in [0.15, 0.2) is 33.3 Å². The molecule has 0 bridgehead atoms. The van der Waals surface area contributed by atoms with E-state index in [9.17, 15) is 18.0 Å². The van der Waals surface area contributed by atoms with E-state index in [2.05, 4.69) is 24.8 Å². The fourth-order valence-corrected chi connectivity index (χ4v) is 2.92. The molecular formula is C16H12F3N5O3. The summed E-state index contributed by atoms with van der Waals surface area (Å²) in [5.74, 6) is -0.899. The zero-order chi connectivity index (χ0) is 19.2. The number of benzene rings is 1. The maximum absolute atomic E-state index is 12.6. The van der Waals surface area contributed by atoms with Crippen LogP contribution in [0, 0.1) is 6.92 Å². The monoisotopic (exact) mass is 379 g/mol. The highest BCUT2D eigenvalue weighted by Crippen LogP contribution is 2.37. The molecule has 2 aromatic heterocycles. The Hall–Kier alpha value is -3.24. The average molecular weight is 379 g/mol. The molecule has 4 rings (SSSR count). The van der Waals surface area contributed by atoms with Crippen LogP contribution >= 0.6 is 0 Å². The Morgan fingerprint density at radius 3 is 2.44 bits per heavy atom. The van der Waals surface area contributed by atoms with Crippen molar-refractivity contribution in [2.24, 2.45) is 0 Å². The van der Waals surface area contributed by atoms with Crippen molar-refractivity contribution in [2.75, 3.05) is 4.90 Å². The molecule has 3 heterocycles. The van der Waals surface area contributed by atoms with Crippen LogP contribution in [0.5, 0.6) is 0 Å². The molecule has 140 valence electrons. The molecule has 1 amide bonds. The number of hydrogen-bond donors (Lipinski definition) is 0. The summed E-state index contributed by atoms with van der Waals surface area (Å²) in [6.07, 6.45) is -3.85. The van der Waals surface area contributed by atoms with Gasteiger partial charge in [0.2, 0.25) is 17.6 Å². The number of hydrogen-bond acceptors (Lipinski definition) is 7. The summed E-state index contributed by atoms with van der Waals surface area (Å²) in [5, 5.41) is 7.09. The molecule has 1 aromatic carbocycles. The fourth-order valence-electron chi connectivity index (χ4n) is 2.92. The third-order valence-electron chi connectivity index (χ3n) is 4.11. The minimum atomic E-state index is -4.71. The molecule has 1 aliphatic rings. The van der Waals surface area contributed by atoms with Gasteiger partial charge in [-0.25, -0.2) is 0 Å².